The van der Waals surface area contributed by atoms with Gasteiger partial charge in [-0.3, -0.25) is 0 Å². The second-order valence-corrected chi connectivity index (χ2v) is 7.39. The quantitative estimate of drug-likeness (QED) is 0.353. The van der Waals surface area contributed by atoms with Crippen LogP contribution >= 0.6 is 27.5 Å². The molecule has 1 aliphatic heterocycles. The Morgan fingerprint density at radius 3 is 2.48 bits per heavy atom. The van der Waals surface area contributed by atoms with Gasteiger partial charge in [-0.15, -0.1) is 0 Å². The number of aliphatic hydroxyl groups is 4. The van der Waals surface area contributed by atoms with Gasteiger partial charge < -0.3 is 39.9 Å². The highest BCUT2D eigenvalue weighted by molar-refractivity contribution is 9.10. The van der Waals surface area contributed by atoms with E-state index in [4.69, 9.17) is 16.3 Å². The van der Waals surface area contributed by atoms with Crippen molar-refractivity contribution in [3.05, 3.63) is 30.5 Å². The molecule has 0 saturated carbocycles. The molecule has 1 aromatic carbocycles. The number of fused-ring (bicyclic) bond motifs is 1. The molecule has 1 aliphatic rings. The van der Waals surface area contributed by atoms with Crippen molar-refractivity contribution in [3.8, 4) is 5.75 Å². The third kappa shape index (κ3) is 2.23. The number of para-hydroxylation sites is 1. The number of benzene rings is 1. The number of aromatic nitrogens is 1. The van der Waals surface area contributed by atoms with E-state index < -0.39 is 33.7 Å². The molecule has 1 saturated heterocycles. The summed E-state index contributed by atoms with van der Waals surface area (Å²) in [6, 6.07) is 6.01. The summed E-state index contributed by atoms with van der Waals surface area (Å²) < 4.78 is 2.71. The Morgan fingerprint density at radius 2 is 1.88 bits per heavy atom. The van der Waals surface area contributed by atoms with Crippen LogP contribution in [-0.4, -0.2) is 63.1 Å². The van der Waals surface area contributed by atoms with Crippen molar-refractivity contribution >= 4 is 44.4 Å². The summed E-state index contributed by atoms with van der Waals surface area (Å²) in [7, 11) is 0. The number of aromatic hydroxyl groups is 1. The molecule has 11 heteroatoms. The molecular formula is C14H13BrClNO8. The minimum absolute atomic E-state index is 0.0936. The summed E-state index contributed by atoms with van der Waals surface area (Å²) in [6.45, 7) is 0. The second-order valence-electron chi connectivity index (χ2n) is 5.63. The van der Waals surface area contributed by atoms with Crippen LogP contribution in [-0.2, 0) is 15.3 Å². The third-order valence-electron chi connectivity index (χ3n) is 4.19. The number of carbonyl (C=O) groups is 1. The third-order valence-corrected chi connectivity index (χ3v) is 5.95. The van der Waals surface area contributed by atoms with Gasteiger partial charge in [-0.1, -0.05) is 23.7 Å². The summed E-state index contributed by atoms with van der Waals surface area (Å²) >= 11 is 8.52. The van der Waals surface area contributed by atoms with Crippen molar-refractivity contribution in [3.63, 3.8) is 0 Å². The van der Waals surface area contributed by atoms with Gasteiger partial charge in [-0.2, -0.15) is 0 Å². The molecule has 5 atom stereocenters. The van der Waals surface area contributed by atoms with Crippen LogP contribution in [0.4, 0.5) is 0 Å². The highest BCUT2D eigenvalue weighted by Gasteiger charge is 2.74. The zero-order chi connectivity index (χ0) is 18.8. The summed E-state index contributed by atoms with van der Waals surface area (Å²) in [5.41, 5.74) is -2.94. The van der Waals surface area contributed by atoms with Crippen LogP contribution in [0.25, 0.3) is 10.9 Å². The molecule has 0 spiro atoms. The van der Waals surface area contributed by atoms with Crippen molar-refractivity contribution in [2.75, 3.05) is 0 Å². The van der Waals surface area contributed by atoms with E-state index in [0.29, 0.717) is 0 Å². The molecule has 2 aromatic rings. The minimum atomic E-state index is -3.19. The fraction of sp³-hybridized carbons (Fsp3) is 0.357. The Balaban J connectivity index is 2.36. The lowest BCUT2D eigenvalue weighted by atomic mass is 9.90. The number of halogens is 2. The number of carboxylic acid groups (broad SMARTS) is 1. The van der Waals surface area contributed by atoms with E-state index in [1.807, 2.05) is 0 Å². The van der Waals surface area contributed by atoms with Crippen LogP contribution in [0.1, 0.15) is 0 Å². The summed E-state index contributed by atoms with van der Waals surface area (Å²) in [5.74, 6) is -2.12. The SMILES string of the molecule is O=C(O)[C@H]1O[C@@H](O)[C@@](O)(Br)[C@](O)(Cl)[C@@]1(O)n1cc(O)c2ccccc21. The van der Waals surface area contributed by atoms with Crippen LogP contribution in [0, 0.1) is 0 Å². The summed E-state index contributed by atoms with van der Waals surface area (Å²) in [5, 5.41) is 58.3. The van der Waals surface area contributed by atoms with E-state index >= 15 is 0 Å². The molecule has 3 rings (SSSR count). The average molecular weight is 439 g/mol. The van der Waals surface area contributed by atoms with E-state index in [1.165, 1.54) is 18.2 Å². The lowest BCUT2D eigenvalue weighted by Gasteiger charge is -2.53. The normalized spacial score (nSPS) is 38.8. The minimum Gasteiger partial charge on any atom is -0.506 e. The molecule has 0 radical (unpaired) electrons. The first-order valence-electron chi connectivity index (χ1n) is 6.87. The maximum atomic E-state index is 11.6. The zero-order valence-electron chi connectivity index (χ0n) is 12.2. The predicted molar refractivity (Wildman–Crippen MR) is 87.0 cm³/mol. The molecule has 0 aliphatic carbocycles. The number of rotatable bonds is 2. The van der Waals surface area contributed by atoms with Crippen molar-refractivity contribution in [2.45, 2.75) is 27.7 Å². The average Bonchev–Trinajstić information content (AvgIpc) is 2.87. The van der Waals surface area contributed by atoms with Gasteiger partial charge in [-0.25, -0.2) is 4.79 Å². The topological polar surface area (TPSA) is 153 Å². The molecule has 1 aromatic heterocycles. The Morgan fingerprint density at radius 1 is 1.28 bits per heavy atom. The van der Waals surface area contributed by atoms with E-state index in [-0.39, 0.29) is 16.7 Å². The molecule has 9 nitrogen and oxygen atoms in total. The van der Waals surface area contributed by atoms with Gasteiger partial charge in [0.2, 0.25) is 21.4 Å². The predicted octanol–water partition coefficient (Wildman–Crippen LogP) is -0.195. The molecule has 2 heterocycles. The Hall–Kier alpha value is -1.40. The molecule has 0 unspecified atom stereocenters. The smallest absolute Gasteiger partial charge is 0.338 e. The summed E-state index contributed by atoms with van der Waals surface area (Å²) in [6.07, 6.45) is -3.65. The Bertz CT molecular complexity index is 852. The van der Waals surface area contributed by atoms with Crippen LogP contribution < -0.4 is 0 Å². The second kappa shape index (κ2) is 5.55. The Labute approximate surface area is 153 Å². The van der Waals surface area contributed by atoms with Gasteiger partial charge >= 0.3 is 5.97 Å². The van der Waals surface area contributed by atoms with E-state index in [0.717, 1.165) is 10.8 Å². The number of ether oxygens (including phenoxy) is 1. The molecular weight excluding hydrogens is 426 g/mol. The van der Waals surface area contributed by atoms with Crippen LogP contribution in [0.3, 0.4) is 0 Å². The molecule has 6 N–H and O–H groups in total. The monoisotopic (exact) mass is 437 g/mol. The maximum absolute atomic E-state index is 11.6. The van der Waals surface area contributed by atoms with Gasteiger partial charge in [0.25, 0.3) is 0 Å². The number of hydrogen-bond acceptors (Lipinski definition) is 7. The van der Waals surface area contributed by atoms with Crippen molar-refractivity contribution in [1.29, 1.82) is 0 Å². The lowest BCUT2D eigenvalue weighted by molar-refractivity contribution is -0.358. The molecule has 0 bridgehead atoms. The number of aliphatic hydroxyl groups excluding tert-OH is 1. The fourth-order valence-corrected chi connectivity index (χ4v) is 3.55. The van der Waals surface area contributed by atoms with Crippen LogP contribution in [0.2, 0.25) is 0 Å². The van der Waals surface area contributed by atoms with Gasteiger partial charge in [0.05, 0.1) is 5.52 Å². The van der Waals surface area contributed by atoms with Gasteiger partial charge in [-0.05, 0) is 28.1 Å². The van der Waals surface area contributed by atoms with Crippen molar-refractivity contribution in [1.82, 2.24) is 4.57 Å². The number of aliphatic carboxylic acids is 1. The van der Waals surface area contributed by atoms with Gasteiger partial charge in [0.1, 0.15) is 5.75 Å². The number of nitrogens with zero attached hydrogens (tertiary/aromatic N) is 1. The molecule has 1 fully saturated rings. The lowest BCUT2D eigenvalue weighted by Crippen LogP contribution is -2.76. The highest BCUT2D eigenvalue weighted by Crippen LogP contribution is 2.53. The number of carboxylic acids is 1. The van der Waals surface area contributed by atoms with E-state index in [2.05, 4.69) is 15.9 Å². The van der Waals surface area contributed by atoms with Crippen molar-refractivity contribution < 1.29 is 40.2 Å². The Kier molecular flexibility index (Phi) is 4.08. The molecule has 136 valence electrons. The number of alkyl halides is 2. The van der Waals surface area contributed by atoms with Crippen molar-refractivity contribution in [2.24, 2.45) is 0 Å². The molecule has 25 heavy (non-hydrogen) atoms. The highest BCUT2D eigenvalue weighted by atomic mass is 79.9. The van der Waals surface area contributed by atoms with Gasteiger partial charge in [0.15, 0.2) is 6.29 Å². The largest absolute Gasteiger partial charge is 0.506 e. The number of hydrogen-bond donors (Lipinski definition) is 6. The van der Waals surface area contributed by atoms with Crippen LogP contribution in [0.5, 0.6) is 5.75 Å². The first-order valence-corrected chi connectivity index (χ1v) is 8.04. The standard InChI is InChI=1S/C14H13BrClNO8/c15-12(22)11(21)25-9(10(19)20)13(23,14(12,16)24)17-5-8(18)6-3-1-2-4-7(6)17/h1-5,9,11,18,21-24H,(H,19,20)/t9-,11-,12+,13-,14-/m1/s1. The maximum Gasteiger partial charge on any atom is 0.338 e. The van der Waals surface area contributed by atoms with E-state index in [9.17, 15) is 35.4 Å². The zero-order valence-corrected chi connectivity index (χ0v) is 14.6. The molecule has 0 amide bonds. The van der Waals surface area contributed by atoms with Gasteiger partial charge in [0, 0.05) is 11.6 Å². The summed E-state index contributed by atoms with van der Waals surface area (Å²) in [4.78, 5) is 11.6. The fourth-order valence-electron chi connectivity index (χ4n) is 2.87. The van der Waals surface area contributed by atoms with Crippen LogP contribution in [0.15, 0.2) is 30.5 Å². The first-order chi connectivity index (χ1) is 11.5. The first kappa shape index (κ1) is 18.4. The van der Waals surface area contributed by atoms with E-state index in [1.54, 1.807) is 6.07 Å².